The number of aliphatic hydroxyl groups is 1. The summed E-state index contributed by atoms with van der Waals surface area (Å²) < 4.78 is 0. The molecule has 0 bridgehead atoms. The summed E-state index contributed by atoms with van der Waals surface area (Å²) in [6, 6.07) is 0. The van der Waals surface area contributed by atoms with Gasteiger partial charge in [-0.1, -0.05) is 0 Å². The van der Waals surface area contributed by atoms with E-state index in [9.17, 15) is 9.90 Å². The lowest BCUT2D eigenvalue weighted by Crippen LogP contribution is -2.29. The van der Waals surface area contributed by atoms with Crippen molar-refractivity contribution in [2.45, 2.75) is 37.7 Å². The van der Waals surface area contributed by atoms with Gasteiger partial charge in [-0.3, -0.25) is 4.79 Å². The molecular weight excluding hydrogens is 128 g/mol. The molecule has 2 aliphatic carbocycles. The Morgan fingerprint density at radius 2 is 2.30 bits per heavy atom. The standard InChI is InChI=1S/C8H12O2/c9-7-3-5-8(10)4-1-2-6(7)8/h6,10H,1-5H2/t6-,8-/m1/s1. The van der Waals surface area contributed by atoms with Gasteiger partial charge in [0.25, 0.3) is 0 Å². The van der Waals surface area contributed by atoms with E-state index in [0.29, 0.717) is 12.2 Å². The Morgan fingerprint density at radius 3 is 3.00 bits per heavy atom. The Kier molecular flexibility index (Phi) is 1.15. The number of fused-ring (bicyclic) bond motifs is 1. The maximum Gasteiger partial charge on any atom is 0.138 e. The maximum absolute atomic E-state index is 11.1. The molecule has 0 amide bonds. The minimum absolute atomic E-state index is 0.00694. The van der Waals surface area contributed by atoms with Gasteiger partial charge in [-0.2, -0.15) is 0 Å². The third-order valence-corrected chi connectivity index (χ3v) is 2.94. The quantitative estimate of drug-likeness (QED) is 0.542. The molecular formula is C8H12O2. The van der Waals surface area contributed by atoms with E-state index >= 15 is 0 Å². The molecule has 1 N–H and O–H groups in total. The first-order chi connectivity index (χ1) is 4.72. The second kappa shape index (κ2) is 1.82. The van der Waals surface area contributed by atoms with Crippen LogP contribution in [0.5, 0.6) is 0 Å². The van der Waals surface area contributed by atoms with Gasteiger partial charge >= 0.3 is 0 Å². The third kappa shape index (κ3) is 0.655. The maximum atomic E-state index is 11.1. The summed E-state index contributed by atoms with van der Waals surface area (Å²) in [6.07, 6.45) is 4.14. The van der Waals surface area contributed by atoms with Crippen LogP contribution in [0, 0.1) is 5.92 Å². The van der Waals surface area contributed by atoms with Crippen molar-refractivity contribution >= 4 is 5.78 Å². The Balaban J connectivity index is 2.27. The monoisotopic (exact) mass is 140 g/mol. The van der Waals surface area contributed by atoms with Crippen LogP contribution in [0.4, 0.5) is 0 Å². The van der Waals surface area contributed by atoms with Gasteiger partial charge in [0.15, 0.2) is 0 Å². The fourth-order valence-corrected chi connectivity index (χ4v) is 2.33. The van der Waals surface area contributed by atoms with E-state index in [1.165, 1.54) is 0 Å². The van der Waals surface area contributed by atoms with Crippen molar-refractivity contribution in [3.05, 3.63) is 0 Å². The van der Waals surface area contributed by atoms with Gasteiger partial charge in [0.2, 0.25) is 0 Å². The van der Waals surface area contributed by atoms with Crippen LogP contribution in [0.2, 0.25) is 0 Å². The van der Waals surface area contributed by atoms with Crippen LogP contribution in [0.1, 0.15) is 32.1 Å². The minimum atomic E-state index is -0.572. The van der Waals surface area contributed by atoms with E-state index < -0.39 is 5.60 Å². The SMILES string of the molecule is O=C1CC[C@]2(O)CCC[C@H]12. The number of hydrogen-bond donors (Lipinski definition) is 1. The first-order valence-corrected chi connectivity index (χ1v) is 3.97. The van der Waals surface area contributed by atoms with Crippen LogP contribution in [-0.4, -0.2) is 16.5 Å². The molecule has 2 aliphatic rings. The normalized spacial score (nSPS) is 46.1. The van der Waals surface area contributed by atoms with Gasteiger partial charge in [-0.05, 0) is 25.7 Å². The van der Waals surface area contributed by atoms with E-state index in [4.69, 9.17) is 0 Å². The van der Waals surface area contributed by atoms with E-state index in [1.54, 1.807) is 0 Å². The van der Waals surface area contributed by atoms with Gasteiger partial charge in [-0.15, -0.1) is 0 Å². The van der Waals surface area contributed by atoms with E-state index in [0.717, 1.165) is 25.7 Å². The van der Waals surface area contributed by atoms with Gasteiger partial charge < -0.3 is 5.11 Å². The Labute approximate surface area is 60.2 Å². The minimum Gasteiger partial charge on any atom is -0.389 e. The van der Waals surface area contributed by atoms with Gasteiger partial charge in [0, 0.05) is 12.3 Å². The van der Waals surface area contributed by atoms with Crippen LogP contribution in [-0.2, 0) is 4.79 Å². The molecule has 0 unspecified atom stereocenters. The predicted molar refractivity (Wildman–Crippen MR) is 36.5 cm³/mol. The van der Waals surface area contributed by atoms with Crippen LogP contribution in [0.15, 0.2) is 0 Å². The predicted octanol–water partition coefficient (Wildman–Crippen LogP) is 0.881. The van der Waals surface area contributed by atoms with E-state index in [2.05, 4.69) is 0 Å². The molecule has 0 heterocycles. The molecule has 2 heteroatoms. The van der Waals surface area contributed by atoms with Crippen molar-refractivity contribution in [3.8, 4) is 0 Å². The largest absolute Gasteiger partial charge is 0.389 e. The first-order valence-electron chi connectivity index (χ1n) is 3.97. The van der Waals surface area contributed by atoms with Crippen molar-refractivity contribution in [1.29, 1.82) is 0 Å². The van der Waals surface area contributed by atoms with Crippen LogP contribution >= 0.6 is 0 Å². The lowest BCUT2D eigenvalue weighted by atomic mass is 9.95. The fourth-order valence-electron chi connectivity index (χ4n) is 2.33. The highest BCUT2D eigenvalue weighted by Crippen LogP contribution is 2.45. The molecule has 0 aromatic heterocycles. The Hall–Kier alpha value is -0.370. The molecule has 0 aromatic rings. The summed E-state index contributed by atoms with van der Waals surface area (Å²) in [6.45, 7) is 0. The number of carbonyl (C=O) groups is 1. The molecule has 2 saturated carbocycles. The van der Waals surface area contributed by atoms with Crippen LogP contribution < -0.4 is 0 Å². The second-order valence-electron chi connectivity index (χ2n) is 3.51. The van der Waals surface area contributed by atoms with E-state index in [-0.39, 0.29) is 5.92 Å². The molecule has 0 saturated heterocycles. The highest BCUT2D eigenvalue weighted by molar-refractivity contribution is 5.85. The number of hydrogen-bond acceptors (Lipinski definition) is 2. The summed E-state index contributed by atoms with van der Waals surface area (Å²) in [5.41, 5.74) is -0.572. The lowest BCUT2D eigenvalue weighted by molar-refractivity contribution is -0.123. The molecule has 0 radical (unpaired) electrons. The van der Waals surface area contributed by atoms with E-state index in [1.807, 2.05) is 0 Å². The molecule has 2 atom stereocenters. The first kappa shape index (κ1) is 6.35. The zero-order valence-electron chi connectivity index (χ0n) is 5.97. The zero-order chi connectivity index (χ0) is 7.19. The Morgan fingerprint density at radius 1 is 1.50 bits per heavy atom. The topological polar surface area (TPSA) is 37.3 Å². The van der Waals surface area contributed by atoms with Crippen molar-refractivity contribution in [3.63, 3.8) is 0 Å². The number of carbonyl (C=O) groups excluding carboxylic acids is 1. The lowest BCUT2D eigenvalue weighted by Gasteiger charge is -2.19. The molecule has 0 aromatic carbocycles. The average Bonchev–Trinajstić information content (AvgIpc) is 2.35. The van der Waals surface area contributed by atoms with Gasteiger partial charge in [-0.25, -0.2) is 0 Å². The molecule has 0 spiro atoms. The number of ketones is 1. The molecule has 2 fully saturated rings. The van der Waals surface area contributed by atoms with Crippen molar-refractivity contribution in [2.24, 2.45) is 5.92 Å². The zero-order valence-corrected chi connectivity index (χ0v) is 5.97. The molecule has 56 valence electrons. The summed E-state index contributed by atoms with van der Waals surface area (Å²) in [5, 5.41) is 9.78. The summed E-state index contributed by atoms with van der Waals surface area (Å²) in [7, 11) is 0. The summed E-state index contributed by atoms with van der Waals surface area (Å²) >= 11 is 0. The summed E-state index contributed by atoms with van der Waals surface area (Å²) in [5.74, 6) is 0.299. The smallest absolute Gasteiger partial charge is 0.138 e. The van der Waals surface area contributed by atoms with Crippen molar-refractivity contribution in [2.75, 3.05) is 0 Å². The van der Waals surface area contributed by atoms with Gasteiger partial charge in [0.1, 0.15) is 5.78 Å². The second-order valence-corrected chi connectivity index (χ2v) is 3.51. The number of Topliss-reactive ketones (excluding diaryl/α,β-unsaturated/α-hetero) is 1. The summed E-state index contributed by atoms with van der Waals surface area (Å²) in [4.78, 5) is 11.1. The molecule has 0 aliphatic heterocycles. The highest BCUT2D eigenvalue weighted by atomic mass is 16.3. The average molecular weight is 140 g/mol. The van der Waals surface area contributed by atoms with Crippen molar-refractivity contribution in [1.82, 2.24) is 0 Å². The van der Waals surface area contributed by atoms with Crippen LogP contribution in [0.3, 0.4) is 0 Å². The van der Waals surface area contributed by atoms with Gasteiger partial charge in [0.05, 0.1) is 5.60 Å². The van der Waals surface area contributed by atoms with Crippen molar-refractivity contribution < 1.29 is 9.90 Å². The van der Waals surface area contributed by atoms with Crippen LogP contribution in [0.25, 0.3) is 0 Å². The molecule has 10 heavy (non-hydrogen) atoms. The molecule has 2 rings (SSSR count). The highest BCUT2D eigenvalue weighted by Gasteiger charge is 2.49. The number of rotatable bonds is 0. The fraction of sp³-hybridized carbons (Fsp3) is 0.875. The Bertz CT molecular complexity index is 176. The molecule has 2 nitrogen and oxygen atoms in total. The third-order valence-electron chi connectivity index (χ3n) is 2.94.